The van der Waals surface area contributed by atoms with Crippen molar-refractivity contribution in [2.24, 2.45) is 5.41 Å². The molecule has 1 atom stereocenters. The van der Waals surface area contributed by atoms with E-state index < -0.39 is 11.7 Å². The molecule has 0 bridgehead atoms. The lowest BCUT2D eigenvalue weighted by Crippen LogP contribution is -2.65. The van der Waals surface area contributed by atoms with Gasteiger partial charge in [0.15, 0.2) is 0 Å². The van der Waals surface area contributed by atoms with E-state index >= 15 is 0 Å². The van der Waals surface area contributed by atoms with Crippen LogP contribution in [0.5, 0.6) is 0 Å². The van der Waals surface area contributed by atoms with Gasteiger partial charge in [-0.05, 0) is 20.8 Å². The maximum Gasteiger partial charge on any atom is 0.410 e. The first-order valence-corrected chi connectivity index (χ1v) is 5.12. The first kappa shape index (κ1) is 12.0. The van der Waals surface area contributed by atoms with Crippen molar-refractivity contribution in [3.05, 3.63) is 0 Å². The van der Waals surface area contributed by atoms with E-state index in [1.54, 1.807) is 0 Å². The first-order chi connectivity index (χ1) is 6.67. The molecule has 1 amide bonds. The molecule has 0 unspecified atom stereocenters. The summed E-state index contributed by atoms with van der Waals surface area (Å²) < 4.78 is 5.20. The highest BCUT2D eigenvalue weighted by Gasteiger charge is 2.49. The second-order valence-electron chi connectivity index (χ2n) is 5.68. The molecule has 0 radical (unpaired) electrons. The van der Waals surface area contributed by atoms with Crippen LogP contribution in [0.2, 0.25) is 0 Å². The molecule has 1 rings (SSSR count). The Bertz CT molecular complexity index is 278. The van der Waals surface area contributed by atoms with E-state index in [1.165, 1.54) is 4.90 Å². The Balaban J connectivity index is 2.61. The maximum atomic E-state index is 11.6. The molecular formula is C11H19NO3. The normalized spacial score (nSPS) is 24.3. The molecule has 15 heavy (non-hydrogen) atoms. The van der Waals surface area contributed by atoms with Gasteiger partial charge in [-0.25, -0.2) is 4.79 Å². The molecule has 1 fully saturated rings. The second-order valence-corrected chi connectivity index (χ2v) is 5.68. The zero-order valence-electron chi connectivity index (χ0n) is 10.0. The Morgan fingerprint density at radius 1 is 1.47 bits per heavy atom. The number of rotatable bonds is 1. The highest BCUT2D eigenvalue weighted by molar-refractivity contribution is 5.76. The summed E-state index contributed by atoms with van der Waals surface area (Å²) in [7, 11) is 0. The minimum Gasteiger partial charge on any atom is -0.444 e. The summed E-state index contributed by atoms with van der Waals surface area (Å²) in [4.78, 5) is 23.9. The zero-order chi connectivity index (χ0) is 11.9. The Labute approximate surface area is 90.6 Å². The number of ether oxygens (including phenoxy) is 1. The largest absolute Gasteiger partial charge is 0.444 e. The minimum atomic E-state index is -0.510. The molecular weight excluding hydrogens is 194 g/mol. The number of aldehydes is 1. The molecule has 0 spiro atoms. The highest BCUT2D eigenvalue weighted by atomic mass is 16.6. The molecule has 4 nitrogen and oxygen atoms in total. The van der Waals surface area contributed by atoms with Crippen molar-refractivity contribution in [3.63, 3.8) is 0 Å². The van der Waals surface area contributed by atoms with Gasteiger partial charge < -0.3 is 9.53 Å². The van der Waals surface area contributed by atoms with E-state index in [2.05, 4.69) is 0 Å². The fourth-order valence-electron chi connectivity index (χ4n) is 1.70. The molecule has 0 N–H and O–H groups in total. The number of amides is 1. The van der Waals surface area contributed by atoms with Crippen molar-refractivity contribution < 1.29 is 14.3 Å². The third-order valence-corrected chi connectivity index (χ3v) is 2.47. The molecule has 0 aromatic heterocycles. The summed E-state index contributed by atoms with van der Waals surface area (Å²) in [5.41, 5.74) is -0.636. The molecule has 1 heterocycles. The van der Waals surface area contributed by atoms with Crippen molar-refractivity contribution in [1.82, 2.24) is 4.90 Å². The van der Waals surface area contributed by atoms with Gasteiger partial charge in [-0.3, -0.25) is 4.90 Å². The van der Waals surface area contributed by atoms with Crippen LogP contribution in [0.1, 0.15) is 34.6 Å². The minimum absolute atomic E-state index is 0.126. The topological polar surface area (TPSA) is 46.6 Å². The molecule has 1 saturated heterocycles. The average Bonchev–Trinajstić information content (AvgIpc) is 1.97. The number of carbonyl (C=O) groups excluding carboxylic acids is 2. The van der Waals surface area contributed by atoms with Gasteiger partial charge in [0.1, 0.15) is 11.9 Å². The van der Waals surface area contributed by atoms with Crippen LogP contribution in [0.15, 0.2) is 0 Å². The monoisotopic (exact) mass is 213 g/mol. The van der Waals surface area contributed by atoms with Crippen LogP contribution in [0.4, 0.5) is 4.79 Å². The molecule has 0 saturated carbocycles. The van der Waals surface area contributed by atoms with Crippen LogP contribution in [0.25, 0.3) is 0 Å². The Morgan fingerprint density at radius 2 is 2.00 bits per heavy atom. The SMILES string of the molecule is CC(C)(C)OC(=O)N1CC(C)(C)[C@H]1C=O. The Kier molecular flexibility index (Phi) is 2.81. The highest BCUT2D eigenvalue weighted by Crippen LogP contribution is 2.36. The molecule has 0 aromatic carbocycles. The molecule has 1 aliphatic heterocycles. The van der Waals surface area contributed by atoms with Gasteiger partial charge in [-0.1, -0.05) is 13.8 Å². The van der Waals surface area contributed by atoms with Crippen LogP contribution >= 0.6 is 0 Å². The summed E-state index contributed by atoms with van der Waals surface area (Å²) in [6.45, 7) is 9.94. The quantitative estimate of drug-likeness (QED) is 0.624. The maximum absolute atomic E-state index is 11.6. The van der Waals surface area contributed by atoms with Crippen molar-refractivity contribution in [3.8, 4) is 0 Å². The van der Waals surface area contributed by atoms with E-state index in [1.807, 2.05) is 34.6 Å². The fraction of sp³-hybridized carbons (Fsp3) is 0.818. The molecule has 4 heteroatoms. The predicted molar refractivity (Wildman–Crippen MR) is 56.6 cm³/mol. The van der Waals surface area contributed by atoms with Gasteiger partial charge in [-0.2, -0.15) is 0 Å². The molecule has 86 valence electrons. The number of nitrogens with zero attached hydrogens (tertiary/aromatic N) is 1. The first-order valence-electron chi connectivity index (χ1n) is 5.12. The summed E-state index contributed by atoms with van der Waals surface area (Å²) in [6, 6.07) is -0.354. The number of carbonyl (C=O) groups is 2. The average molecular weight is 213 g/mol. The van der Waals surface area contributed by atoms with E-state index in [0.29, 0.717) is 6.54 Å². The number of hydrogen-bond acceptors (Lipinski definition) is 3. The third-order valence-electron chi connectivity index (χ3n) is 2.47. The van der Waals surface area contributed by atoms with Crippen molar-refractivity contribution in [1.29, 1.82) is 0 Å². The van der Waals surface area contributed by atoms with E-state index in [-0.39, 0.29) is 11.5 Å². The molecule has 0 aliphatic carbocycles. The standard InChI is InChI=1S/C11H19NO3/c1-10(2,3)15-9(14)12-7-11(4,5)8(12)6-13/h6,8H,7H2,1-5H3/t8-/m1/s1. The summed E-state index contributed by atoms with van der Waals surface area (Å²) >= 11 is 0. The number of hydrogen-bond donors (Lipinski definition) is 0. The van der Waals surface area contributed by atoms with E-state index in [0.717, 1.165) is 6.29 Å². The fourth-order valence-corrected chi connectivity index (χ4v) is 1.70. The van der Waals surface area contributed by atoms with Gasteiger partial charge in [0.2, 0.25) is 0 Å². The van der Waals surface area contributed by atoms with Crippen LogP contribution in [-0.4, -0.2) is 35.5 Å². The summed E-state index contributed by atoms with van der Waals surface area (Å²) in [5, 5.41) is 0. The van der Waals surface area contributed by atoms with E-state index in [9.17, 15) is 9.59 Å². The smallest absolute Gasteiger partial charge is 0.410 e. The lowest BCUT2D eigenvalue weighted by molar-refractivity contribution is -0.127. The third kappa shape index (κ3) is 2.49. The van der Waals surface area contributed by atoms with Crippen LogP contribution in [0.3, 0.4) is 0 Å². The number of likely N-dealkylation sites (tertiary alicyclic amines) is 1. The van der Waals surface area contributed by atoms with E-state index in [4.69, 9.17) is 4.74 Å². The van der Waals surface area contributed by atoms with Crippen molar-refractivity contribution in [2.45, 2.75) is 46.3 Å². The lowest BCUT2D eigenvalue weighted by Gasteiger charge is -2.51. The molecule has 1 aliphatic rings. The Morgan fingerprint density at radius 3 is 2.33 bits per heavy atom. The Hall–Kier alpha value is -1.06. The van der Waals surface area contributed by atoms with Gasteiger partial charge in [0.25, 0.3) is 0 Å². The van der Waals surface area contributed by atoms with Gasteiger partial charge in [0.05, 0.1) is 6.04 Å². The lowest BCUT2D eigenvalue weighted by atomic mass is 9.76. The van der Waals surface area contributed by atoms with Crippen LogP contribution in [0, 0.1) is 5.41 Å². The van der Waals surface area contributed by atoms with Gasteiger partial charge in [0, 0.05) is 12.0 Å². The van der Waals surface area contributed by atoms with Crippen LogP contribution < -0.4 is 0 Å². The zero-order valence-corrected chi connectivity index (χ0v) is 10.0. The van der Waals surface area contributed by atoms with Crippen LogP contribution in [-0.2, 0) is 9.53 Å². The predicted octanol–water partition coefficient (Wildman–Crippen LogP) is 1.83. The second kappa shape index (κ2) is 3.51. The summed E-state index contributed by atoms with van der Waals surface area (Å²) in [5.74, 6) is 0. The summed E-state index contributed by atoms with van der Waals surface area (Å²) in [6.07, 6.45) is 0.409. The molecule has 0 aromatic rings. The van der Waals surface area contributed by atoms with Crippen molar-refractivity contribution >= 4 is 12.4 Å². The van der Waals surface area contributed by atoms with Gasteiger partial charge in [-0.15, -0.1) is 0 Å². The van der Waals surface area contributed by atoms with Gasteiger partial charge >= 0.3 is 6.09 Å². The van der Waals surface area contributed by atoms with Crippen molar-refractivity contribution in [2.75, 3.05) is 6.54 Å².